The molecule has 1 aliphatic heterocycles. The van der Waals surface area contributed by atoms with Crippen LogP contribution in [0.25, 0.3) is 0 Å². The molecule has 2 fully saturated rings. The highest BCUT2D eigenvalue weighted by atomic mass is 32.2. The molecule has 0 radical (unpaired) electrons. The van der Waals surface area contributed by atoms with Crippen molar-refractivity contribution in [1.29, 1.82) is 0 Å². The minimum absolute atomic E-state index is 0.0257. The van der Waals surface area contributed by atoms with E-state index in [2.05, 4.69) is 20.8 Å². The predicted molar refractivity (Wildman–Crippen MR) is 116 cm³/mol. The number of sulfone groups is 1. The number of carbonyl (C=O) groups is 3. The molecule has 2 N–H and O–H groups in total. The number of amides is 3. The molecule has 0 bridgehead atoms. The fourth-order valence-corrected chi connectivity index (χ4v) is 5.36. The van der Waals surface area contributed by atoms with Gasteiger partial charge in [0.15, 0.2) is 15.7 Å². The number of rotatable bonds is 11. The molecule has 3 rings (SSSR count). The Kier molecular flexibility index (Phi) is 8.40. The normalized spacial score (nSPS) is 18.4. The van der Waals surface area contributed by atoms with E-state index < -0.39 is 45.4 Å². The van der Waals surface area contributed by atoms with Gasteiger partial charge in [0.2, 0.25) is 11.7 Å². The highest BCUT2D eigenvalue weighted by Crippen LogP contribution is 2.30. The Hall–Kier alpha value is -2.54. The summed E-state index contributed by atoms with van der Waals surface area (Å²) in [6.07, 6.45) is 2.38. The summed E-state index contributed by atoms with van der Waals surface area (Å²) in [5.74, 6) is -1.67. The van der Waals surface area contributed by atoms with E-state index in [0.29, 0.717) is 38.5 Å². The molecule has 0 spiro atoms. The highest BCUT2D eigenvalue weighted by molar-refractivity contribution is 7.91. The van der Waals surface area contributed by atoms with Gasteiger partial charge in [-0.2, -0.15) is 4.98 Å². The number of ketones is 1. The van der Waals surface area contributed by atoms with E-state index in [9.17, 15) is 22.8 Å². The number of hydrogen-bond acceptors (Lipinski definition) is 9. The third kappa shape index (κ3) is 7.22. The average molecular weight is 486 g/mol. The van der Waals surface area contributed by atoms with Crippen LogP contribution in [-0.4, -0.2) is 91.1 Å². The highest BCUT2D eigenvalue weighted by Gasteiger charge is 2.35. The first-order valence-corrected chi connectivity index (χ1v) is 13.0. The Bertz CT molecular complexity index is 954. The molecule has 2 heterocycles. The van der Waals surface area contributed by atoms with Crippen molar-refractivity contribution in [2.75, 3.05) is 37.8 Å². The summed E-state index contributed by atoms with van der Waals surface area (Å²) in [5, 5.41) is 8.78. The second-order valence-corrected chi connectivity index (χ2v) is 10.5. The van der Waals surface area contributed by atoms with E-state index in [1.807, 2.05) is 6.92 Å². The van der Waals surface area contributed by atoms with Crippen molar-refractivity contribution in [3.8, 4) is 0 Å². The molecule has 3 amide bonds. The molecular weight excluding hydrogens is 454 g/mol. The van der Waals surface area contributed by atoms with Crippen LogP contribution < -0.4 is 10.6 Å². The lowest BCUT2D eigenvalue weighted by Crippen LogP contribution is -2.57. The zero-order chi connectivity index (χ0) is 24.0. The average Bonchev–Trinajstić information content (AvgIpc) is 3.46. The van der Waals surface area contributed by atoms with Gasteiger partial charge in [0.05, 0.1) is 30.8 Å². The van der Waals surface area contributed by atoms with Gasteiger partial charge in [0.1, 0.15) is 6.04 Å². The van der Waals surface area contributed by atoms with Crippen molar-refractivity contribution in [3.63, 3.8) is 0 Å². The Morgan fingerprint density at radius 3 is 2.39 bits per heavy atom. The van der Waals surface area contributed by atoms with Gasteiger partial charge >= 0.3 is 6.03 Å². The van der Waals surface area contributed by atoms with Crippen molar-refractivity contribution in [3.05, 3.63) is 11.7 Å². The smallest absolute Gasteiger partial charge is 0.318 e. The number of aryl methyl sites for hydroxylation is 1. The first-order chi connectivity index (χ1) is 15.7. The van der Waals surface area contributed by atoms with Crippen LogP contribution in [0.4, 0.5) is 4.79 Å². The quantitative estimate of drug-likeness (QED) is 0.409. The Morgan fingerprint density at radius 2 is 1.82 bits per heavy atom. The predicted octanol–water partition coefficient (Wildman–Crippen LogP) is -0.0553. The summed E-state index contributed by atoms with van der Waals surface area (Å²) >= 11 is 0. The van der Waals surface area contributed by atoms with Gasteiger partial charge in [-0.05, 0) is 25.2 Å². The van der Waals surface area contributed by atoms with Crippen LogP contribution in [0, 0.1) is 5.92 Å². The van der Waals surface area contributed by atoms with Crippen molar-refractivity contribution < 1.29 is 32.1 Å². The summed E-state index contributed by atoms with van der Waals surface area (Å²) in [6.45, 7) is 4.89. The molecule has 0 aromatic carbocycles. The topological polar surface area (TPSA) is 161 Å². The van der Waals surface area contributed by atoms with E-state index in [1.54, 1.807) is 6.92 Å². The summed E-state index contributed by atoms with van der Waals surface area (Å²) in [5.41, 5.74) is 0. The molecule has 1 aromatic rings. The first kappa shape index (κ1) is 25.1. The molecule has 1 saturated heterocycles. The van der Waals surface area contributed by atoms with E-state index >= 15 is 0 Å². The van der Waals surface area contributed by atoms with E-state index in [4.69, 9.17) is 9.26 Å². The van der Waals surface area contributed by atoms with Crippen LogP contribution in [0.15, 0.2) is 4.52 Å². The molecule has 2 unspecified atom stereocenters. The van der Waals surface area contributed by atoms with Gasteiger partial charge in [0, 0.05) is 19.5 Å². The van der Waals surface area contributed by atoms with Crippen molar-refractivity contribution in [2.24, 2.45) is 5.92 Å². The molecule has 2 atom stereocenters. The summed E-state index contributed by atoms with van der Waals surface area (Å²) in [7, 11) is -3.60. The molecule has 1 aliphatic carbocycles. The van der Waals surface area contributed by atoms with Crippen LogP contribution in [0.2, 0.25) is 0 Å². The maximum Gasteiger partial charge on any atom is 0.318 e. The van der Waals surface area contributed by atoms with Gasteiger partial charge in [-0.3, -0.25) is 9.59 Å². The number of carbonyl (C=O) groups excluding carboxylic acids is 3. The monoisotopic (exact) mass is 485 g/mol. The molecule has 1 aromatic heterocycles. The lowest BCUT2D eigenvalue weighted by atomic mass is 10.1. The number of urea groups is 1. The van der Waals surface area contributed by atoms with Crippen LogP contribution in [0.5, 0.6) is 0 Å². The Labute approximate surface area is 192 Å². The van der Waals surface area contributed by atoms with Crippen molar-refractivity contribution in [1.82, 2.24) is 25.7 Å². The van der Waals surface area contributed by atoms with E-state index in [-0.39, 0.29) is 24.0 Å². The zero-order valence-electron chi connectivity index (χ0n) is 18.9. The van der Waals surface area contributed by atoms with Crippen molar-refractivity contribution >= 4 is 27.6 Å². The SMILES string of the molecule is CCc1noc(C(=O)C(CC)NC(=O)C(CS(=O)(=O)CC2CC2)NC(=O)N2CCOCC2)n1. The van der Waals surface area contributed by atoms with E-state index in [1.165, 1.54) is 4.90 Å². The van der Waals surface area contributed by atoms with E-state index in [0.717, 1.165) is 12.8 Å². The lowest BCUT2D eigenvalue weighted by Gasteiger charge is -2.29. The van der Waals surface area contributed by atoms with Crippen molar-refractivity contribution in [2.45, 2.75) is 51.6 Å². The first-order valence-electron chi connectivity index (χ1n) is 11.2. The molecular formula is C20H31N5O7S. The third-order valence-corrected chi connectivity index (χ3v) is 7.38. The molecule has 33 heavy (non-hydrogen) atoms. The van der Waals surface area contributed by atoms with Crippen LogP contribution >= 0.6 is 0 Å². The summed E-state index contributed by atoms with van der Waals surface area (Å²) in [6, 6.07) is -2.90. The lowest BCUT2D eigenvalue weighted by molar-refractivity contribution is -0.123. The molecule has 13 heteroatoms. The molecule has 2 aliphatic rings. The number of nitrogens with one attached hydrogen (secondary N) is 2. The van der Waals surface area contributed by atoms with Gasteiger partial charge in [0.25, 0.3) is 5.89 Å². The molecule has 184 valence electrons. The standard InChI is InChI=1S/C20H31N5O7S/c1-3-14(17(26)19-23-16(4-2)24-32-19)21-18(27)15(12-33(29,30)11-13-5-6-13)22-20(28)25-7-9-31-10-8-25/h13-15H,3-12H2,1-2H3,(H,21,27)(H,22,28). The second-order valence-electron chi connectivity index (χ2n) is 8.32. The van der Waals surface area contributed by atoms with Crippen LogP contribution in [0.3, 0.4) is 0 Å². The maximum atomic E-state index is 13.1. The Morgan fingerprint density at radius 1 is 1.12 bits per heavy atom. The van der Waals surface area contributed by atoms with Gasteiger partial charge in [-0.15, -0.1) is 0 Å². The number of morpholine rings is 1. The number of hydrogen-bond donors (Lipinski definition) is 2. The van der Waals surface area contributed by atoms with Crippen LogP contribution in [0.1, 0.15) is 49.6 Å². The summed E-state index contributed by atoms with van der Waals surface area (Å²) in [4.78, 5) is 43.9. The fourth-order valence-electron chi connectivity index (χ4n) is 3.43. The minimum Gasteiger partial charge on any atom is -0.378 e. The third-order valence-electron chi connectivity index (χ3n) is 5.56. The molecule has 1 saturated carbocycles. The van der Waals surface area contributed by atoms with Gasteiger partial charge in [-0.1, -0.05) is 19.0 Å². The van der Waals surface area contributed by atoms with Crippen LogP contribution in [-0.2, 0) is 25.8 Å². The number of ether oxygens (including phenoxy) is 1. The number of nitrogens with zero attached hydrogens (tertiary/aromatic N) is 3. The number of aromatic nitrogens is 2. The largest absolute Gasteiger partial charge is 0.378 e. The van der Waals surface area contributed by atoms with Gasteiger partial charge < -0.3 is 24.8 Å². The van der Waals surface area contributed by atoms with Gasteiger partial charge in [-0.25, -0.2) is 13.2 Å². The maximum absolute atomic E-state index is 13.1. The number of Topliss-reactive ketones (excluding diaryl/α,β-unsaturated/α-hetero) is 1. The zero-order valence-corrected chi connectivity index (χ0v) is 19.7. The summed E-state index contributed by atoms with van der Waals surface area (Å²) < 4.78 is 35.5. The minimum atomic E-state index is -3.60. The molecule has 12 nitrogen and oxygen atoms in total. The fraction of sp³-hybridized carbons (Fsp3) is 0.750. The Balaban J connectivity index is 1.71. The second kappa shape index (κ2) is 11.1.